The molecule has 2 N–H and O–H groups in total. The molecule has 1 heterocycles. The molecule has 0 aliphatic rings. The summed E-state index contributed by atoms with van der Waals surface area (Å²) < 4.78 is 62.7. The van der Waals surface area contributed by atoms with E-state index in [0.717, 1.165) is 5.56 Å². The molecule has 0 bridgehead atoms. The van der Waals surface area contributed by atoms with Crippen molar-refractivity contribution in [3.63, 3.8) is 0 Å². The molecule has 0 saturated heterocycles. The molecule has 0 spiro atoms. The van der Waals surface area contributed by atoms with Crippen LogP contribution in [0.3, 0.4) is 0 Å². The van der Waals surface area contributed by atoms with Crippen molar-refractivity contribution in [2.45, 2.75) is 24.5 Å². The minimum absolute atomic E-state index is 0.241. The van der Waals surface area contributed by atoms with Crippen LogP contribution in [0.25, 0.3) is 11.3 Å². The highest BCUT2D eigenvalue weighted by Gasteiger charge is 2.31. The van der Waals surface area contributed by atoms with Gasteiger partial charge in [0.2, 0.25) is 0 Å². The van der Waals surface area contributed by atoms with Crippen LogP contribution in [0, 0.1) is 0 Å². The van der Waals surface area contributed by atoms with Gasteiger partial charge in [0.25, 0.3) is 0 Å². The zero-order chi connectivity index (χ0) is 21.4. The number of aldehydes is 1. The molecule has 2 rings (SSSR count). The van der Waals surface area contributed by atoms with E-state index >= 15 is 0 Å². The van der Waals surface area contributed by atoms with Crippen molar-refractivity contribution < 1.29 is 31.5 Å². The number of anilines is 1. The first-order valence-electron chi connectivity index (χ1n) is 7.66. The Hall–Kier alpha value is -2.34. The monoisotopic (exact) mass is 470 g/mol. The van der Waals surface area contributed by atoms with Gasteiger partial charge in [-0.2, -0.15) is 8.78 Å². The molecule has 0 fully saturated rings. The number of carbonyl (C=O) groups excluding carboxylic acids is 1. The Morgan fingerprint density at radius 3 is 2.25 bits per heavy atom. The van der Waals surface area contributed by atoms with Crippen LogP contribution in [-0.2, 0) is 11.2 Å². The number of carbonyl (C=O) groups is 1. The fraction of sp³-hybridized carbons (Fsp3) is 0.312. The molecule has 0 amide bonds. The first kappa shape index (κ1) is 23.7. The van der Waals surface area contributed by atoms with Gasteiger partial charge in [0.15, 0.2) is 12.1 Å². The van der Waals surface area contributed by atoms with E-state index in [9.17, 15) is 22.0 Å². The van der Waals surface area contributed by atoms with Crippen molar-refractivity contribution in [2.24, 2.45) is 0 Å². The standard InChI is InChI=1S/C14H15F3N4O.C2HBrF2O/c1-3-9-6-10(22-14(15,16)17)4-5-11(9)12-7-20-13(8-19-12)21-18-2;3-2(4,5)1-6/h4-8,18H,3H2,1-2H3,(H,20,21);1H. The van der Waals surface area contributed by atoms with E-state index in [-0.39, 0.29) is 5.75 Å². The second-order valence-corrected chi connectivity index (χ2v) is 6.10. The van der Waals surface area contributed by atoms with E-state index in [1.807, 2.05) is 6.92 Å². The Morgan fingerprint density at radius 2 is 1.82 bits per heavy atom. The Labute approximate surface area is 165 Å². The zero-order valence-electron chi connectivity index (χ0n) is 14.6. The fourth-order valence-corrected chi connectivity index (χ4v) is 1.97. The van der Waals surface area contributed by atoms with Crippen LogP contribution in [0.15, 0.2) is 30.6 Å². The van der Waals surface area contributed by atoms with Crippen LogP contribution in [0.4, 0.5) is 27.8 Å². The molecular weight excluding hydrogens is 455 g/mol. The number of nitrogens with one attached hydrogen (secondary N) is 2. The molecule has 0 radical (unpaired) electrons. The number of nitrogens with zero attached hydrogens (tertiary/aromatic N) is 2. The average molecular weight is 471 g/mol. The zero-order valence-corrected chi connectivity index (χ0v) is 16.2. The van der Waals surface area contributed by atoms with Gasteiger partial charge in [-0.1, -0.05) is 6.92 Å². The summed E-state index contributed by atoms with van der Waals surface area (Å²) in [5, 5.41) is 0. The summed E-state index contributed by atoms with van der Waals surface area (Å²) in [6.07, 6.45) is -1.55. The summed E-state index contributed by atoms with van der Waals surface area (Å²) in [6, 6.07) is 4.18. The molecule has 0 atom stereocenters. The molecule has 2 aromatic rings. The van der Waals surface area contributed by atoms with Gasteiger partial charge in [-0.05, 0) is 46.1 Å². The number of benzene rings is 1. The van der Waals surface area contributed by atoms with E-state index < -0.39 is 17.5 Å². The SMILES string of the molecule is CCc1cc(OC(F)(F)F)ccc1-c1cnc(NNC)cn1.O=CC(F)(F)Br. The van der Waals surface area contributed by atoms with Crippen molar-refractivity contribution in [3.8, 4) is 17.0 Å². The molecule has 0 aliphatic carbocycles. The summed E-state index contributed by atoms with van der Waals surface area (Å²) in [5.41, 5.74) is 7.50. The summed E-state index contributed by atoms with van der Waals surface area (Å²) in [4.78, 5) is 14.1. The average Bonchev–Trinajstić information content (AvgIpc) is 2.61. The van der Waals surface area contributed by atoms with Gasteiger partial charge < -0.3 is 10.2 Å². The highest BCUT2D eigenvalue weighted by Crippen LogP contribution is 2.29. The molecule has 6 nitrogen and oxygen atoms in total. The summed E-state index contributed by atoms with van der Waals surface area (Å²) in [5.74, 6) is 0.302. The first-order valence-corrected chi connectivity index (χ1v) is 8.45. The van der Waals surface area contributed by atoms with E-state index in [4.69, 9.17) is 4.79 Å². The lowest BCUT2D eigenvalue weighted by Gasteiger charge is -2.13. The van der Waals surface area contributed by atoms with E-state index in [0.29, 0.717) is 23.5 Å². The minimum atomic E-state index is -4.70. The topological polar surface area (TPSA) is 76.1 Å². The smallest absolute Gasteiger partial charge is 0.406 e. The molecule has 154 valence electrons. The minimum Gasteiger partial charge on any atom is -0.406 e. The van der Waals surface area contributed by atoms with Gasteiger partial charge in [-0.25, -0.2) is 10.4 Å². The van der Waals surface area contributed by atoms with Crippen LogP contribution in [-0.4, -0.2) is 34.5 Å². The number of hydrogen-bond acceptors (Lipinski definition) is 6. The highest BCUT2D eigenvalue weighted by atomic mass is 79.9. The molecule has 28 heavy (non-hydrogen) atoms. The molecule has 12 heteroatoms. The fourth-order valence-electron chi connectivity index (χ4n) is 1.97. The quantitative estimate of drug-likeness (QED) is 0.283. The maximum atomic E-state index is 12.3. The Morgan fingerprint density at radius 1 is 1.18 bits per heavy atom. The van der Waals surface area contributed by atoms with Crippen molar-refractivity contribution in [1.82, 2.24) is 15.4 Å². The molecule has 0 aliphatic heterocycles. The largest absolute Gasteiger partial charge is 0.573 e. The molecule has 0 unspecified atom stereocenters. The number of hydrazine groups is 1. The molecule has 0 saturated carbocycles. The number of aryl methyl sites for hydroxylation is 1. The van der Waals surface area contributed by atoms with Crippen molar-refractivity contribution in [3.05, 3.63) is 36.2 Å². The Bertz CT molecular complexity index is 767. The van der Waals surface area contributed by atoms with Crippen LogP contribution in [0.1, 0.15) is 12.5 Å². The summed E-state index contributed by atoms with van der Waals surface area (Å²) in [6.45, 7) is 1.85. The van der Waals surface area contributed by atoms with Crippen molar-refractivity contribution in [2.75, 3.05) is 12.5 Å². The van der Waals surface area contributed by atoms with Gasteiger partial charge >= 0.3 is 11.2 Å². The van der Waals surface area contributed by atoms with Gasteiger partial charge in [0.05, 0.1) is 18.1 Å². The number of ether oxygens (including phenoxy) is 1. The van der Waals surface area contributed by atoms with E-state index in [1.54, 1.807) is 35.2 Å². The normalized spacial score (nSPS) is 11.3. The third-order valence-corrected chi connectivity index (χ3v) is 3.19. The van der Waals surface area contributed by atoms with Crippen LogP contribution in [0.5, 0.6) is 5.75 Å². The van der Waals surface area contributed by atoms with E-state index in [1.165, 1.54) is 18.3 Å². The number of hydrogen-bond donors (Lipinski definition) is 2. The van der Waals surface area contributed by atoms with E-state index in [2.05, 4.69) is 25.6 Å². The third kappa shape index (κ3) is 8.57. The molecule has 1 aromatic heterocycles. The predicted octanol–water partition coefficient (Wildman–Crippen LogP) is 4.32. The number of aromatic nitrogens is 2. The van der Waals surface area contributed by atoms with Gasteiger partial charge in [-0.3, -0.25) is 9.78 Å². The lowest BCUT2D eigenvalue weighted by molar-refractivity contribution is -0.274. The maximum Gasteiger partial charge on any atom is 0.573 e. The molecule has 1 aromatic carbocycles. The van der Waals surface area contributed by atoms with Crippen LogP contribution < -0.4 is 15.6 Å². The second kappa shape index (κ2) is 10.3. The van der Waals surface area contributed by atoms with Crippen molar-refractivity contribution >= 4 is 28.0 Å². The second-order valence-electron chi connectivity index (χ2n) is 5.04. The van der Waals surface area contributed by atoms with Gasteiger partial charge in [0.1, 0.15) is 5.75 Å². The van der Waals surface area contributed by atoms with Crippen LogP contribution in [0.2, 0.25) is 0 Å². The maximum absolute atomic E-state index is 12.3. The summed E-state index contributed by atoms with van der Waals surface area (Å²) in [7, 11) is 1.70. The van der Waals surface area contributed by atoms with Gasteiger partial charge in [0, 0.05) is 12.6 Å². The lowest BCUT2D eigenvalue weighted by atomic mass is 10.0. The molecular formula is C16H16BrF5N4O2. The highest BCUT2D eigenvalue weighted by molar-refractivity contribution is 9.10. The number of rotatable bonds is 6. The lowest BCUT2D eigenvalue weighted by Crippen LogP contribution is -2.17. The number of alkyl halides is 6. The Kier molecular flexibility index (Phi) is 8.69. The first-order chi connectivity index (χ1) is 13.0. The summed E-state index contributed by atoms with van der Waals surface area (Å²) >= 11 is 1.78. The van der Waals surface area contributed by atoms with Gasteiger partial charge in [-0.15, -0.1) is 13.2 Å². The van der Waals surface area contributed by atoms with Crippen molar-refractivity contribution in [1.29, 1.82) is 0 Å². The Balaban J connectivity index is 0.000000568. The van der Waals surface area contributed by atoms with Crippen LogP contribution >= 0.6 is 15.9 Å². The number of halogens is 6. The third-order valence-electron chi connectivity index (χ3n) is 3.01. The predicted molar refractivity (Wildman–Crippen MR) is 96.1 cm³/mol.